The third kappa shape index (κ3) is 4.80. The van der Waals surface area contributed by atoms with Crippen molar-refractivity contribution in [3.05, 3.63) is 28.7 Å². The summed E-state index contributed by atoms with van der Waals surface area (Å²) in [6.45, 7) is 0.405. The molecule has 0 aliphatic heterocycles. The van der Waals surface area contributed by atoms with Crippen LogP contribution in [-0.4, -0.2) is 24.7 Å². The quantitative estimate of drug-likeness (QED) is 0.808. The monoisotopic (exact) mass is 341 g/mol. The van der Waals surface area contributed by atoms with E-state index >= 15 is 0 Å². The molecular weight excluding hydrogens is 322 g/mol. The van der Waals surface area contributed by atoms with E-state index in [9.17, 15) is 4.79 Å². The van der Waals surface area contributed by atoms with Crippen LogP contribution in [0.15, 0.2) is 28.7 Å². The Kier molecular flexibility index (Phi) is 5.86. The van der Waals surface area contributed by atoms with Gasteiger partial charge in [-0.15, -0.1) is 0 Å². The second-order valence-electron chi connectivity index (χ2n) is 5.04. The van der Waals surface area contributed by atoms with Crippen LogP contribution in [-0.2, 0) is 9.53 Å². The maximum atomic E-state index is 11.8. The Bertz CT molecular complexity index is 429. The van der Waals surface area contributed by atoms with Gasteiger partial charge in [-0.05, 0) is 49.9 Å². The van der Waals surface area contributed by atoms with Gasteiger partial charge in [0.2, 0.25) is 0 Å². The zero-order valence-corrected chi connectivity index (χ0v) is 13.0. The highest BCUT2D eigenvalue weighted by molar-refractivity contribution is 9.10. The summed E-state index contributed by atoms with van der Waals surface area (Å²) in [5, 5.41) is 0. The van der Waals surface area contributed by atoms with Crippen LogP contribution in [0.2, 0.25) is 0 Å². The normalized spacial score (nSPS) is 16.9. The van der Waals surface area contributed by atoms with Crippen molar-refractivity contribution >= 4 is 21.9 Å². The lowest BCUT2D eigenvalue weighted by Gasteiger charge is -2.16. The molecule has 0 saturated heterocycles. The number of rotatable bonds is 6. The van der Waals surface area contributed by atoms with Gasteiger partial charge < -0.3 is 15.2 Å². The summed E-state index contributed by atoms with van der Waals surface area (Å²) in [5.41, 5.74) is 5.82. The van der Waals surface area contributed by atoms with Crippen LogP contribution in [0.5, 0.6) is 5.75 Å². The summed E-state index contributed by atoms with van der Waals surface area (Å²) in [7, 11) is 0. The minimum atomic E-state index is -0.606. The van der Waals surface area contributed by atoms with Crippen molar-refractivity contribution in [2.75, 3.05) is 6.61 Å². The first-order chi connectivity index (χ1) is 9.65. The van der Waals surface area contributed by atoms with Crippen molar-refractivity contribution in [1.29, 1.82) is 0 Å². The molecule has 0 heterocycles. The van der Waals surface area contributed by atoms with E-state index in [-0.39, 0.29) is 12.1 Å². The highest BCUT2D eigenvalue weighted by Gasteiger charge is 2.22. The molecule has 1 aliphatic rings. The molecule has 0 aromatic heterocycles. The van der Waals surface area contributed by atoms with Gasteiger partial charge in [-0.3, -0.25) is 4.79 Å². The predicted molar refractivity (Wildman–Crippen MR) is 80.6 cm³/mol. The van der Waals surface area contributed by atoms with Crippen LogP contribution in [0.3, 0.4) is 0 Å². The predicted octanol–water partition coefficient (Wildman–Crippen LogP) is 3.03. The van der Waals surface area contributed by atoms with Crippen molar-refractivity contribution < 1.29 is 14.3 Å². The third-order valence-corrected chi connectivity index (χ3v) is 3.93. The molecule has 0 unspecified atom stereocenters. The molecule has 20 heavy (non-hydrogen) atoms. The maximum Gasteiger partial charge on any atom is 0.323 e. The summed E-state index contributed by atoms with van der Waals surface area (Å²) in [5.74, 6) is 0.459. The second kappa shape index (κ2) is 7.64. The first-order valence-electron chi connectivity index (χ1n) is 6.99. The fourth-order valence-electron chi connectivity index (χ4n) is 2.21. The number of ether oxygens (including phenoxy) is 2. The van der Waals surface area contributed by atoms with E-state index in [1.165, 1.54) is 0 Å². The van der Waals surface area contributed by atoms with Crippen molar-refractivity contribution in [1.82, 2.24) is 0 Å². The average molecular weight is 342 g/mol. The van der Waals surface area contributed by atoms with E-state index < -0.39 is 6.04 Å². The SMILES string of the molecule is N[C@@H](CCOc1ccc(Br)cc1)C(=O)OC1CCCC1. The molecule has 1 aromatic rings. The van der Waals surface area contributed by atoms with Crippen molar-refractivity contribution in [2.45, 2.75) is 44.2 Å². The second-order valence-corrected chi connectivity index (χ2v) is 5.96. The Hall–Kier alpha value is -1.07. The molecule has 2 N–H and O–H groups in total. The molecule has 5 heteroatoms. The summed E-state index contributed by atoms with van der Waals surface area (Å²) < 4.78 is 11.9. The number of carbonyl (C=O) groups excluding carboxylic acids is 1. The number of carbonyl (C=O) groups is 1. The lowest BCUT2D eigenvalue weighted by molar-refractivity contribution is -0.150. The van der Waals surface area contributed by atoms with Crippen molar-refractivity contribution in [2.24, 2.45) is 5.73 Å². The van der Waals surface area contributed by atoms with E-state index in [4.69, 9.17) is 15.2 Å². The van der Waals surface area contributed by atoms with Gasteiger partial charge in [0.1, 0.15) is 17.9 Å². The summed E-state index contributed by atoms with van der Waals surface area (Å²) in [6, 6.07) is 6.94. The summed E-state index contributed by atoms with van der Waals surface area (Å²) in [6.07, 6.45) is 4.74. The Labute approximate surface area is 127 Å². The standard InChI is InChI=1S/C15H20BrNO3/c16-11-5-7-12(8-6-11)19-10-9-14(17)15(18)20-13-3-1-2-4-13/h5-8,13-14H,1-4,9-10,17H2/t14-/m0/s1. The number of hydrogen-bond donors (Lipinski definition) is 1. The molecule has 110 valence electrons. The number of esters is 1. The van der Waals surface area contributed by atoms with E-state index in [2.05, 4.69) is 15.9 Å². The van der Waals surface area contributed by atoms with E-state index in [1.54, 1.807) is 0 Å². The molecule has 1 atom stereocenters. The smallest absolute Gasteiger partial charge is 0.323 e. The molecule has 1 aromatic carbocycles. The van der Waals surface area contributed by atoms with Gasteiger partial charge in [0, 0.05) is 10.9 Å². The third-order valence-electron chi connectivity index (χ3n) is 3.40. The van der Waals surface area contributed by atoms with Gasteiger partial charge in [-0.1, -0.05) is 15.9 Å². The highest BCUT2D eigenvalue weighted by Crippen LogP contribution is 2.21. The summed E-state index contributed by atoms with van der Waals surface area (Å²) >= 11 is 3.36. The van der Waals surface area contributed by atoms with Gasteiger partial charge in [-0.2, -0.15) is 0 Å². The minimum Gasteiger partial charge on any atom is -0.494 e. The average Bonchev–Trinajstić information content (AvgIpc) is 2.93. The lowest BCUT2D eigenvalue weighted by atomic mass is 10.2. The molecule has 2 rings (SSSR count). The van der Waals surface area contributed by atoms with E-state index in [0.717, 1.165) is 35.9 Å². The van der Waals surface area contributed by atoms with Gasteiger partial charge >= 0.3 is 5.97 Å². The Morgan fingerprint density at radius 3 is 2.60 bits per heavy atom. The topological polar surface area (TPSA) is 61.5 Å². The number of benzene rings is 1. The van der Waals surface area contributed by atoms with Gasteiger partial charge in [-0.25, -0.2) is 0 Å². The van der Waals surface area contributed by atoms with Crippen LogP contribution in [0.25, 0.3) is 0 Å². The van der Waals surface area contributed by atoms with Crippen LogP contribution >= 0.6 is 15.9 Å². The Morgan fingerprint density at radius 1 is 1.30 bits per heavy atom. The van der Waals surface area contributed by atoms with Gasteiger partial charge in [0.05, 0.1) is 6.61 Å². The lowest BCUT2D eigenvalue weighted by Crippen LogP contribution is -2.35. The van der Waals surface area contributed by atoms with Crippen molar-refractivity contribution in [3.63, 3.8) is 0 Å². The van der Waals surface area contributed by atoms with Crippen LogP contribution in [0.1, 0.15) is 32.1 Å². The zero-order chi connectivity index (χ0) is 14.4. The number of hydrogen-bond acceptors (Lipinski definition) is 4. The van der Waals surface area contributed by atoms with Gasteiger partial charge in [0.25, 0.3) is 0 Å². The van der Waals surface area contributed by atoms with E-state index in [0.29, 0.717) is 13.0 Å². The van der Waals surface area contributed by atoms with Crippen LogP contribution in [0.4, 0.5) is 0 Å². The first kappa shape index (κ1) is 15.3. The molecular formula is C15H20BrNO3. The zero-order valence-electron chi connectivity index (χ0n) is 11.4. The molecule has 1 aliphatic carbocycles. The maximum absolute atomic E-state index is 11.8. The molecule has 1 saturated carbocycles. The van der Waals surface area contributed by atoms with Crippen LogP contribution < -0.4 is 10.5 Å². The van der Waals surface area contributed by atoms with E-state index in [1.807, 2.05) is 24.3 Å². The number of nitrogens with two attached hydrogens (primary N) is 1. The highest BCUT2D eigenvalue weighted by atomic mass is 79.9. The fourth-order valence-corrected chi connectivity index (χ4v) is 2.47. The van der Waals surface area contributed by atoms with Gasteiger partial charge in [0.15, 0.2) is 0 Å². The molecule has 4 nitrogen and oxygen atoms in total. The summed E-state index contributed by atoms with van der Waals surface area (Å²) in [4.78, 5) is 11.8. The Balaban J connectivity index is 1.67. The minimum absolute atomic E-state index is 0.0703. The van der Waals surface area contributed by atoms with Crippen LogP contribution in [0, 0.1) is 0 Å². The molecule has 0 bridgehead atoms. The Morgan fingerprint density at radius 2 is 1.95 bits per heavy atom. The largest absolute Gasteiger partial charge is 0.494 e. The molecule has 1 fully saturated rings. The number of halogens is 1. The first-order valence-corrected chi connectivity index (χ1v) is 7.79. The molecule has 0 spiro atoms. The van der Waals surface area contributed by atoms with Crippen molar-refractivity contribution in [3.8, 4) is 5.75 Å². The molecule has 0 amide bonds. The fraction of sp³-hybridized carbons (Fsp3) is 0.533. The molecule has 0 radical (unpaired) electrons.